The summed E-state index contributed by atoms with van der Waals surface area (Å²) in [6.07, 6.45) is 3.17. The van der Waals surface area contributed by atoms with Gasteiger partial charge in [-0.3, -0.25) is 4.72 Å². The minimum atomic E-state index is -1.74. The van der Waals surface area contributed by atoms with E-state index >= 15 is 0 Å². The summed E-state index contributed by atoms with van der Waals surface area (Å²) in [6, 6.07) is 9.65. The smallest absolute Gasteiger partial charge is 0.235 e. The lowest BCUT2D eigenvalue weighted by Crippen LogP contribution is -2.50. The normalized spacial score (nSPS) is 20.5. The quantitative estimate of drug-likeness (QED) is 0.476. The topological polar surface area (TPSA) is 110 Å². The number of pyridine rings is 1. The number of hydrogen-bond donors (Lipinski definition) is 2. The molecule has 3 atom stereocenters. The first kappa shape index (κ1) is 22.7. The molecular formula is C24H28N4O5S. The molecule has 9 nitrogen and oxygen atoms in total. The van der Waals surface area contributed by atoms with Crippen molar-refractivity contribution in [3.05, 3.63) is 42.1 Å². The summed E-state index contributed by atoms with van der Waals surface area (Å²) in [5.41, 5.74) is 2.81. The maximum absolute atomic E-state index is 13.3. The number of hydrogen-bond acceptors (Lipinski definition) is 8. The monoisotopic (exact) mass is 484 g/mol. The zero-order valence-electron chi connectivity index (χ0n) is 19.4. The number of aliphatic hydroxyl groups excluding tert-OH is 1. The van der Waals surface area contributed by atoms with Crippen LogP contribution in [-0.2, 0) is 17.4 Å². The molecule has 5 rings (SSSR count). The van der Waals surface area contributed by atoms with E-state index in [1.165, 1.54) is 20.4 Å². The average molecular weight is 485 g/mol. The Morgan fingerprint density at radius 1 is 1.26 bits per heavy atom. The molecule has 2 aromatic heterocycles. The van der Waals surface area contributed by atoms with Crippen molar-refractivity contribution in [2.45, 2.75) is 30.8 Å². The van der Waals surface area contributed by atoms with E-state index in [1.807, 2.05) is 24.3 Å². The van der Waals surface area contributed by atoms with E-state index in [0.29, 0.717) is 47.1 Å². The standard InChI is InChI=1S/C24H28N4O5S/c1-14-9-16(14)11-19-21(15-5-4-6-17(10-15)28-12-18(29)13-28)33-26-23(19)27-34(30)22-20(31-2)7-8-25-24(22)32-3/h4-8,10,14,16,18,29H,9,11-13H2,1-3H3,(H,26,27). The van der Waals surface area contributed by atoms with Crippen LogP contribution < -0.4 is 19.1 Å². The van der Waals surface area contributed by atoms with Gasteiger partial charge in [-0.2, -0.15) is 0 Å². The van der Waals surface area contributed by atoms with Gasteiger partial charge in [0.25, 0.3) is 0 Å². The van der Waals surface area contributed by atoms with Gasteiger partial charge in [-0.25, -0.2) is 9.19 Å². The molecule has 2 N–H and O–H groups in total. The van der Waals surface area contributed by atoms with Crippen molar-refractivity contribution in [1.29, 1.82) is 0 Å². The van der Waals surface area contributed by atoms with E-state index in [4.69, 9.17) is 14.0 Å². The van der Waals surface area contributed by atoms with Gasteiger partial charge < -0.3 is 24.0 Å². The molecule has 34 heavy (non-hydrogen) atoms. The van der Waals surface area contributed by atoms with Crippen LogP contribution in [0.4, 0.5) is 11.5 Å². The Kier molecular flexibility index (Phi) is 6.18. The number of methoxy groups -OCH3 is 2. The minimum Gasteiger partial charge on any atom is -0.495 e. The molecule has 1 aliphatic heterocycles. The predicted octanol–water partition coefficient (Wildman–Crippen LogP) is 3.27. The number of anilines is 2. The molecule has 1 saturated carbocycles. The number of β-amino-alcohol motifs (C(OH)–C–C–N with tert-alkyl or cyclic N) is 1. The lowest BCUT2D eigenvalue weighted by Gasteiger charge is -2.38. The lowest BCUT2D eigenvalue weighted by atomic mass is 10.0. The van der Waals surface area contributed by atoms with Gasteiger partial charge in [0.2, 0.25) is 5.88 Å². The summed E-state index contributed by atoms with van der Waals surface area (Å²) in [4.78, 5) is 6.58. The predicted molar refractivity (Wildman–Crippen MR) is 129 cm³/mol. The third-order valence-electron chi connectivity index (χ3n) is 6.49. The van der Waals surface area contributed by atoms with Crippen LogP contribution >= 0.6 is 0 Å². The average Bonchev–Trinajstić information content (AvgIpc) is 3.39. The zero-order valence-corrected chi connectivity index (χ0v) is 20.2. The first-order valence-corrected chi connectivity index (χ1v) is 12.4. The highest BCUT2D eigenvalue weighted by Crippen LogP contribution is 2.44. The molecule has 0 bridgehead atoms. The van der Waals surface area contributed by atoms with E-state index in [-0.39, 0.29) is 12.0 Å². The highest BCUT2D eigenvalue weighted by molar-refractivity contribution is 7.86. The first-order valence-electron chi connectivity index (χ1n) is 11.3. The van der Waals surface area contributed by atoms with Crippen LogP contribution in [0.25, 0.3) is 11.3 Å². The molecule has 0 amide bonds. The van der Waals surface area contributed by atoms with Crippen molar-refractivity contribution in [2.75, 3.05) is 36.9 Å². The molecule has 3 heterocycles. The summed E-state index contributed by atoms with van der Waals surface area (Å²) in [6.45, 7) is 3.46. The molecule has 0 spiro atoms. The van der Waals surface area contributed by atoms with Gasteiger partial charge in [-0.05, 0) is 36.8 Å². The van der Waals surface area contributed by atoms with Crippen molar-refractivity contribution in [2.24, 2.45) is 11.8 Å². The molecule has 3 unspecified atom stereocenters. The number of benzene rings is 1. The lowest BCUT2D eigenvalue weighted by molar-refractivity contribution is 0.142. The van der Waals surface area contributed by atoms with E-state index < -0.39 is 11.0 Å². The van der Waals surface area contributed by atoms with E-state index in [0.717, 1.165) is 29.7 Å². The Labute approximate surface area is 200 Å². The van der Waals surface area contributed by atoms with E-state index in [1.54, 1.807) is 6.07 Å². The van der Waals surface area contributed by atoms with Gasteiger partial charge in [-0.15, -0.1) is 0 Å². The van der Waals surface area contributed by atoms with Crippen molar-refractivity contribution in [3.8, 4) is 23.0 Å². The van der Waals surface area contributed by atoms with Crippen LogP contribution in [0.15, 0.2) is 45.9 Å². The minimum absolute atomic E-state index is 0.218. The third kappa shape index (κ3) is 4.35. The van der Waals surface area contributed by atoms with Crippen molar-refractivity contribution in [3.63, 3.8) is 0 Å². The highest BCUT2D eigenvalue weighted by Gasteiger charge is 2.36. The van der Waals surface area contributed by atoms with Gasteiger partial charge in [0.05, 0.1) is 20.3 Å². The van der Waals surface area contributed by atoms with Gasteiger partial charge in [-0.1, -0.05) is 24.2 Å². The van der Waals surface area contributed by atoms with Gasteiger partial charge in [0.15, 0.2) is 27.5 Å². The number of ether oxygens (including phenoxy) is 2. The molecule has 180 valence electrons. The molecule has 0 radical (unpaired) electrons. The fourth-order valence-electron chi connectivity index (χ4n) is 4.29. The Hall–Kier alpha value is -3.11. The third-order valence-corrected chi connectivity index (χ3v) is 7.62. The molecular weight excluding hydrogens is 456 g/mol. The SMILES string of the molecule is COc1ccnc(OC)c1S(=O)Nc1noc(-c2cccc(N3CC(O)C3)c2)c1CC1CC1C. The van der Waals surface area contributed by atoms with Crippen molar-refractivity contribution in [1.82, 2.24) is 10.1 Å². The van der Waals surface area contributed by atoms with Gasteiger partial charge >= 0.3 is 0 Å². The second-order valence-corrected chi connectivity index (χ2v) is 10.00. The highest BCUT2D eigenvalue weighted by atomic mass is 32.2. The Morgan fingerprint density at radius 2 is 2.06 bits per heavy atom. The van der Waals surface area contributed by atoms with Crippen LogP contribution in [0.1, 0.15) is 18.9 Å². The largest absolute Gasteiger partial charge is 0.495 e. The second kappa shape index (κ2) is 9.27. The fraction of sp³-hybridized carbons (Fsp3) is 0.417. The Balaban J connectivity index is 1.48. The van der Waals surface area contributed by atoms with Crippen LogP contribution in [0.2, 0.25) is 0 Å². The maximum Gasteiger partial charge on any atom is 0.235 e. The van der Waals surface area contributed by atoms with Crippen LogP contribution in [-0.4, -0.2) is 52.9 Å². The summed E-state index contributed by atoms with van der Waals surface area (Å²) in [5.74, 6) is 2.88. The molecule has 1 aromatic carbocycles. The molecule has 2 aliphatic rings. The Bertz CT molecular complexity index is 1190. The van der Waals surface area contributed by atoms with E-state index in [2.05, 4.69) is 26.7 Å². The molecule has 3 aromatic rings. The summed E-state index contributed by atoms with van der Waals surface area (Å²) in [5, 5.41) is 13.9. The molecule has 1 aliphatic carbocycles. The number of aromatic nitrogens is 2. The van der Waals surface area contributed by atoms with Crippen molar-refractivity contribution < 1.29 is 23.3 Å². The maximum atomic E-state index is 13.3. The molecule has 2 fully saturated rings. The number of nitrogens with zero attached hydrogens (tertiary/aromatic N) is 3. The van der Waals surface area contributed by atoms with Crippen LogP contribution in [0.3, 0.4) is 0 Å². The molecule has 10 heteroatoms. The summed E-state index contributed by atoms with van der Waals surface area (Å²) in [7, 11) is 1.24. The number of rotatable bonds is 9. The number of nitrogens with one attached hydrogen (secondary N) is 1. The van der Waals surface area contributed by atoms with Gasteiger partial charge in [0, 0.05) is 42.2 Å². The second-order valence-electron chi connectivity index (χ2n) is 8.85. The van der Waals surface area contributed by atoms with Crippen LogP contribution in [0, 0.1) is 11.8 Å². The summed E-state index contributed by atoms with van der Waals surface area (Å²) < 4.78 is 32.8. The number of aliphatic hydroxyl groups is 1. The fourth-order valence-corrected chi connectivity index (χ4v) is 5.36. The summed E-state index contributed by atoms with van der Waals surface area (Å²) >= 11 is 0. The van der Waals surface area contributed by atoms with Crippen molar-refractivity contribution >= 4 is 22.5 Å². The molecule has 1 saturated heterocycles. The Morgan fingerprint density at radius 3 is 2.74 bits per heavy atom. The first-order chi connectivity index (χ1) is 16.5. The zero-order chi connectivity index (χ0) is 23.8. The van der Waals surface area contributed by atoms with Crippen LogP contribution in [0.5, 0.6) is 11.6 Å². The van der Waals surface area contributed by atoms with E-state index in [9.17, 15) is 9.32 Å². The van der Waals surface area contributed by atoms with Gasteiger partial charge in [0.1, 0.15) is 5.75 Å².